The molecule has 0 nitrogen and oxygen atoms in total. The van der Waals surface area contributed by atoms with Gasteiger partial charge in [-0.15, -0.1) is 0 Å². The summed E-state index contributed by atoms with van der Waals surface area (Å²) in [4.78, 5) is 0. The van der Waals surface area contributed by atoms with E-state index in [1.807, 2.05) is 0 Å². The predicted octanol–water partition coefficient (Wildman–Crippen LogP) is 2.93. The van der Waals surface area contributed by atoms with Gasteiger partial charge in [0.15, 0.2) is 0 Å². The van der Waals surface area contributed by atoms with Gasteiger partial charge < -0.3 is 0 Å². The molecular formula is C3H7ClF3PS. The molecular weight excluding hydrogens is 192 g/mol. The summed E-state index contributed by atoms with van der Waals surface area (Å²) in [5.74, 6) is -2.75. The van der Waals surface area contributed by atoms with Gasteiger partial charge in [-0.05, 0) is 0 Å². The zero-order chi connectivity index (χ0) is 7.71. The predicted molar refractivity (Wildman–Crippen MR) is 40.0 cm³/mol. The summed E-state index contributed by atoms with van der Waals surface area (Å²) in [6.07, 6.45) is -5.10. The van der Waals surface area contributed by atoms with Crippen LogP contribution in [0.5, 0.6) is 0 Å². The van der Waals surface area contributed by atoms with Gasteiger partial charge in [-0.2, -0.15) is 0 Å². The molecule has 0 aromatic rings. The fourth-order valence-corrected chi connectivity index (χ4v) is 2.09. The standard InChI is InChI=1S/C3H7ClF3PS/c1-8(4,9)2-3(5,6)7/h8-9H,2H2,1H3. The zero-order valence-electron chi connectivity index (χ0n) is 4.67. The van der Waals surface area contributed by atoms with Gasteiger partial charge in [-0.1, -0.05) is 0 Å². The Morgan fingerprint density at radius 1 is 1.56 bits per heavy atom. The fraction of sp³-hybridized carbons (Fsp3) is 1.00. The van der Waals surface area contributed by atoms with Gasteiger partial charge in [0, 0.05) is 0 Å². The van der Waals surface area contributed by atoms with E-state index in [0.717, 1.165) is 0 Å². The molecule has 0 saturated heterocycles. The van der Waals surface area contributed by atoms with E-state index in [2.05, 4.69) is 12.2 Å². The van der Waals surface area contributed by atoms with Crippen LogP contribution in [0.3, 0.4) is 0 Å². The van der Waals surface area contributed by atoms with E-state index in [1.54, 1.807) is 0 Å². The minimum absolute atomic E-state index is 0.940. The van der Waals surface area contributed by atoms with Crippen LogP contribution < -0.4 is 0 Å². The minimum atomic E-state index is -4.16. The average molecular weight is 199 g/mol. The van der Waals surface area contributed by atoms with Gasteiger partial charge in [0.25, 0.3) is 0 Å². The molecule has 0 unspecified atom stereocenters. The molecule has 0 heterocycles. The van der Waals surface area contributed by atoms with E-state index >= 15 is 0 Å². The first-order valence-corrected chi connectivity index (χ1v) is 7.19. The van der Waals surface area contributed by atoms with E-state index < -0.39 is 18.2 Å². The van der Waals surface area contributed by atoms with Crippen molar-refractivity contribution in [3.8, 4) is 0 Å². The monoisotopic (exact) mass is 198 g/mol. The van der Waals surface area contributed by atoms with Crippen molar-refractivity contribution in [2.75, 3.05) is 12.8 Å². The van der Waals surface area contributed by atoms with Crippen LogP contribution in [0.25, 0.3) is 0 Å². The van der Waals surface area contributed by atoms with Crippen molar-refractivity contribution in [3.05, 3.63) is 0 Å². The third-order valence-electron chi connectivity index (χ3n) is 0.523. The Morgan fingerprint density at radius 2 is 1.89 bits per heavy atom. The quantitative estimate of drug-likeness (QED) is 0.486. The number of hydrogen-bond donors (Lipinski definition) is 1. The molecule has 0 aromatic heterocycles. The number of rotatable bonds is 1. The Labute approximate surface area is 62.0 Å². The molecule has 0 spiro atoms. The van der Waals surface area contributed by atoms with Crippen molar-refractivity contribution in [1.82, 2.24) is 0 Å². The van der Waals surface area contributed by atoms with Crippen LogP contribution in [0.1, 0.15) is 0 Å². The van der Waals surface area contributed by atoms with Gasteiger partial charge in [-0.3, -0.25) is 0 Å². The molecule has 9 heavy (non-hydrogen) atoms. The third-order valence-corrected chi connectivity index (χ3v) is 2.44. The van der Waals surface area contributed by atoms with E-state index in [9.17, 15) is 13.2 Å². The summed E-state index contributed by atoms with van der Waals surface area (Å²) in [6, 6.07) is 0. The molecule has 0 aromatic carbocycles. The van der Waals surface area contributed by atoms with E-state index in [1.165, 1.54) is 6.66 Å². The van der Waals surface area contributed by atoms with E-state index in [4.69, 9.17) is 11.2 Å². The second kappa shape index (κ2) is 2.85. The van der Waals surface area contributed by atoms with Crippen LogP contribution in [0.15, 0.2) is 0 Å². The van der Waals surface area contributed by atoms with Crippen molar-refractivity contribution in [1.29, 1.82) is 0 Å². The molecule has 0 rings (SSSR count). The molecule has 0 amide bonds. The van der Waals surface area contributed by atoms with Gasteiger partial charge in [0.05, 0.1) is 0 Å². The first-order chi connectivity index (χ1) is 3.71. The summed E-state index contributed by atoms with van der Waals surface area (Å²) < 4.78 is 34.4. The van der Waals surface area contributed by atoms with Crippen molar-refractivity contribution in [2.45, 2.75) is 6.18 Å². The Bertz CT molecular complexity index is 84.2. The first-order valence-electron chi connectivity index (χ1n) is 2.19. The van der Waals surface area contributed by atoms with Crippen LogP contribution in [0.2, 0.25) is 0 Å². The Hall–Kier alpha value is 0.860. The summed E-state index contributed by atoms with van der Waals surface area (Å²) in [5, 5.41) is 0. The molecule has 0 aliphatic rings. The summed E-state index contributed by atoms with van der Waals surface area (Å²) in [6.45, 7) is 1.34. The van der Waals surface area contributed by atoms with Gasteiger partial charge in [0.2, 0.25) is 0 Å². The Kier molecular flexibility index (Phi) is 3.12. The van der Waals surface area contributed by atoms with Gasteiger partial charge in [0.1, 0.15) is 0 Å². The van der Waals surface area contributed by atoms with Crippen molar-refractivity contribution < 1.29 is 13.2 Å². The Morgan fingerprint density at radius 3 is 1.89 bits per heavy atom. The molecule has 58 valence electrons. The van der Waals surface area contributed by atoms with Crippen LogP contribution in [0, 0.1) is 0 Å². The van der Waals surface area contributed by atoms with Crippen molar-refractivity contribution >= 4 is 29.3 Å². The average Bonchev–Trinajstić information content (AvgIpc) is 1.14. The van der Waals surface area contributed by atoms with Gasteiger partial charge >= 0.3 is 61.5 Å². The van der Waals surface area contributed by atoms with Gasteiger partial charge in [-0.25, -0.2) is 0 Å². The fourth-order valence-electron chi connectivity index (χ4n) is 0.366. The molecule has 0 aliphatic carbocycles. The molecule has 0 atom stereocenters. The second-order valence-electron chi connectivity index (χ2n) is 1.93. The summed E-state index contributed by atoms with van der Waals surface area (Å²) in [7, 11) is 0. The van der Waals surface area contributed by atoms with E-state index in [0.29, 0.717) is 0 Å². The normalized spacial score (nSPS) is 15.8. The molecule has 0 fully saturated rings. The van der Waals surface area contributed by atoms with Crippen LogP contribution in [-0.2, 0) is 0 Å². The second-order valence-corrected chi connectivity index (χ2v) is 10.8. The zero-order valence-corrected chi connectivity index (χ0v) is 7.32. The van der Waals surface area contributed by atoms with Crippen LogP contribution in [-0.4, -0.2) is 19.0 Å². The molecule has 0 aliphatic heterocycles. The third kappa shape index (κ3) is 8.86. The number of thiol groups is 1. The topological polar surface area (TPSA) is 0 Å². The molecule has 0 saturated carbocycles. The molecule has 0 radical (unpaired) electrons. The van der Waals surface area contributed by atoms with Crippen LogP contribution >= 0.6 is 29.3 Å². The maximum absolute atomic E-state index is 11.5. The molecule has 0 bridgehead atoms. The number of halogens is 4. The summed E-state index contributed by atoms with van der Waals surface area (Å²) >= 11 is 8.93. The van der Waals surface area contributed by atoms with Crippen molar-refractivity contribution in [3.63, 3.8) is 0 Å². The van der Waals surface area contributed by atoms with Crippen LogP contribution in [0.4, 0.5) is 13.2 Å². The SMILES string of the molecule is C[PH](S)(Cl)CC(F)(F)F. The maximum atomic E-state index is 11.5. The van der Waals surface area contributed by atoms with E-state index in [-0.39, 0.29) is 0 Å². The Balaban J connectivity index is 3.75. The number of hydrogen-bond acceptors (Lipinski definition) is 1. The summed E-state index contributed by atoms with van der Waals surface area (Å²) in [5.41, 5.74) is 0. The molecule has 0 N–H and O–H groups in total. The molecule has 6 heteroatoms. The first kappa shape index (κ1) is 9.86. The van der Waals surface area contributed by atoms with Crippen molar-refractivity contribution in [2.24, 2.45) is 0 Å². The number of alkyl halides is 3.